The number of nitrogens with one attached hydrogen (secondary N) is 2. The molecule has 37 heavy (non-hydrogen) atoms. The van der Waals surface area contributed by atoms with E-state index < -0.39 is 23.9 Å². The number of nitrogens with zero attached hydrogens (tertiary/aromatic N) is 2. The molecule has 0 spiro atoms. The third-order valence-corrected chi connectivity index (χ3v) is 6.84. The third-order valence-electron chi connectivity index (χ3n) is 6.84. The monoisotopic (exact) mass is 514 g/mol. The van der Waals surface area contributed by atoms with Crippen LogP contribution in [0.1, 0.15) is 76.1 Å². The van der Waals surface area contributed by atoms with Gasteiger partial charge in [-0.15, -0.1) is 0 Å². The number of fused-ring (bicyclic) bond motifs is 1. The van der Waals surface area contributed by atoms with Gasteiger partial charge in [-0.1, -0.05) is 39.3 Å². The van der Waals surface area contributed by atoms with E-state index in [-0.39, 0.29) is 30.8 Å². The van der Waals surface area contributed by atoms with Crippen molar-refractivity contribution in [1.82, 2.24) is 20.4 Å². The molecule has 2 heterocycles. The molecule has 0 aliphatic carbocycles. The van der Waals surface area contributed by atoms with Crippen LogP contribution in [0.3, 0.4) is 0 Å². The number of hydrogen-bond donors (Lipinski definition) is 2. The Morgan fingerprint density at radius 1 is 1.05 bits per heavy atom. The van der Waals surface area contributed by atoms with Gasteiger partial charge in [-0.25, -0.2) is 0 Å². The number of unbranched alkanes of at least 4 members (excludes halogenated alkanes) is 1. The van der Waals surface area contributed by atoms with E-state index in [1.165, 1.54) is 0 Å². The van der Waals surface area contributed by atoms with Crippen molar-refractivity contribution in [3.8, 4) is 5.75 Å². The molecule has 2 N–H and O–H groups in total. The van der Waals surface area contributed by atoms with Crippen molar-refractivity contribution in [2.24, 2.45) is 5.92 Å². The second kappa shape index (κ2) is 14.0. The first-order chi connectivity index (χ1) is 17.8. The van der Waals surface area contributed by atoms with Crippen LogP contribution in [-0.2, 0) is 14.4 Å². The van der Waals surface area contributed by atoms with E-state index >= 15 is 0 Å². The third kappa shape index (κ3) is 8.20. The zero-order valence-electron chi connectivity index (χ0n) is 22.5. The van der Waals surface area contributed by atoms with E-state index in [2.05, 4.69) is 17.6 Å². The van der Waals surface area contributed by atoms with Crippen molar-refractivity contribution < 1.29 is 23.9 Å². The van der Waals surface area contributed by atoms with E-state index in [0.29, 0.717) is 43.9 Å². The number of amides is 4. The summed E-state index contributed by atoms with van der Waals surface area (Å²) in [5.74, 6) is -0.750. The Kier molecular flexibility index (Phi) is 10.8. The molecule has 3 rings (SSSR count). The predicted molar refractivity (Wildman–Crippen MR) is 141 cm³/mol. The molecule has 0 aromatic heterocycles. The van der Waals surface area contributed by atoms with Crippen molar-refractivity contribution >= 4 is 23.6 Å². The summed E-state index contributed by atoms with van der Waals surface area (Å²) in [6, 6.07) is 5.10. The lowest BCUT2D eigenvalue weighted by Crippen LogP contribution is -2.54. The first-order valence-electron chi connectivity index (χ1n) is 13.7. The molecule has 0 unspecified atom stereocenters. The highest BCUT2D eigenvalue weighted by Crippen LogP contribution is 2.20. The fraction of sp³-hybridized carbons (Fsp3) is 0.643. The van der Waals surface area contributed by atoms with Crippen LogP contribution in [0.25, 0.3) is 0 Å². The summed E-state index contributed by atoms with van der Waals surface area (Å²) in [6.45, 7) is 8.39. The lowest BCUT2D eigenvalue weighted by molar-refractivity contribution is -0.139. The van der Waals surface area contributed by atoms with Crippen LogP contribution in [-0.4, -0.2) is 78.3 Å². The number of hydrogen-bond acceptors (Lipinski definition) is 5. The first-order valence-corrected chi connectivity index (χ1v) is 13.7. The summed E-state index contributed by atoms with van der Waals surface area (Å²) in [6.07, 6.45) is 4.85. The zero-order valence-corrected chi connectivity index (χ0v) is 22.5. The Morgan fingerprint density at radius 3 is 2.49 bits per heavy atom. The maximum absolute atomic E-state index is 13.6. The number of carbonyl (C=O) groups excluding carboxylic acids is 4. The van der Waals surface area contributed by atoms with Crippen LogP contribution < -0.4 is 15.4 Å². The topological polar surface area (TPSA) is 108 Å². The standard InChI is InChI=1S/C28H42N4O5/c1-4-5-13-32-16-17-37-24-12-8-7-11-21(24)26(34)30-23(28(36)31-14-9-6-10-15-31)19-25(33)29-22(27(32)35)18-20(2)3/h7-8,11-12,20,22-23H,4-6,9-10,13-19H2,1-3H3,(H,29,33)(H,30,34)/t22-,23-/m0/s1. The number of likely N-dealkylation sites (tertiary alicyclic amines) is 1. The lowest BCUT2D eigenvalue weighted by Gasteiger charge is -2.32. The van der Waals surface area contributed by atoms with Crippen molar-refractivity contribution in [3.63, 3.8) is 0 Å². The second-order valence-corrected chi connectivity index (χ2v) is 10.4. The Morgan fingerprint density at radius 2 is 1.78 bits per heavy atom. The summed E-state index contributed by atoms with van der Waals surface area (Å²) >= 11 is 0. The number of para-hydroxylation sites is 1. The average Bonchev–Trinajstić information content (AvgIpc) is 2.89. The molecule has 2 aliphatic heterocycles. The van der Waals surface area contributed by atoms with Crippen molar-refractivity contribution in [1.29, 1.82) is 0 Å². The van der Waals surface area contributed by atoms with Gasteiger partial charge in [-0.05, 0) is 50.2 Å². The molecule has 1 aromatic carbocycles. The van der Waals surface area contributed by atoms with Crippen LogP contribution in [0.5, 0.6) is 5.75 Å². The summed E-state index contributed by atoms with van der Waals surface area (Å²) in [4.78, 5) is 57.0. The molecule has 2 atom stereocenters. The summed E-state index contributed by atoms with van der Waals surface area (Å²) in [7, 11) is 0. The molecule has 4 amide bonds. The lowest BCUT2D eigenvalue weighted by atomic mass is 10.0. The molecule has 9 nitrogen and oxygen atoms in total. The SMILES string of the molecule is CCCCN1CCOc2ccccc2C(=O)N[C@H](C(=O)N2CCCCC2)CC(=O)N[C@@H](CC(C)C)C1=O. The van der Waals surface area contributed by atoms with Crippen molar-refractivity contribution in [2.45, 2.75) is 77.8 Å². The Bertz CT molecular complexity index is 944. The largest absolute Gasteiger partial charge is 0.491 e. The van der Waals surface area contributed by atoms with Crippen LogP contribution in [0.15, 0.2) is 24.3 Å². The van der Waals surface area contributed by atoms with Crippen LogP contribution >= 0.6 is 0 Å². The molecule has 9 heteroatoms. The highest BCUT2D eigenvalue weighted by Gasteiger charge is 2.33. The number of ether oxygens (including phenoxy) is 1. The van der Waals surface area contributed by atoms with Gasteiger partial charge < -0.3 is 25.2 Å². The number of benzene rings is 1. The van der Waals surface area contributed by atoms with Crippen LogP contribution in [0.2, 0.25) is 0 Å². The molecular weight excluding hydrogens is 472 g/mol. The first kappa shape index (κ1) is 28.5. The van der Waals surface area contributed by atoms with E-state index in [9.17, 15) is 19.2 Å². The van der Waals surface area contributed by atoms with Gasteiger partial charge in [0.1, 0.15) is 24.4 Å². The Balaban J connectivity index is 1.93. The zero-order chi connectivity index (χ0) is 26.8. The van der Waals surface area contributed by atoms with Crippen molar-refractivity contribution in [3.05, 3.63) is 29.8 Å². The summed E-state index contributed by atoms with van der Waals surface area (Å²) in [5.41, 5.74) is 0.292. The van der Waals surface area contributed by atoms with Gasteiger partial charge in [-0.2, -0.15) is 0 Å². The maximum atomic E-state index is 13.6. The molecular formula is C28H42N4O5. The smallest absolute Gasteiger partial charge is 0.255 e. The minimum Gasteiger partial charge on any atom is -0.491 e. The number of carbonyl (C=O) groups is 4. The number of piperidine rings is 1. The van der Waals surface area contributed by atoms with Gasteiger partial charge in [0.05, 0.1) is 18.5 Å². The average molecular weight is 515 g/mol. The molecule has 1 aromatic rings. The normalized spacial score (nSPS) is 22.0. The Hall–Kier alpha value is -3.10. The van der Waals surface area contributed by atoms with Gasteiger partial charge >= 0.3 is 0 Å². The molecule has 0 bridgehead atoms. The fourth-order valence-electron chi connectivity index (χ4n) is 4.85. The minimum atomic E-state index is -1.03. The van der Waals surface area contributed by atoms with E-state index in [1.807, 2.05) is 13.8 Å². The predicted octanol–water partition coefficient (Wildman–Crippen LogP) is 2.74. The minimum absolute atomic E-state index is 0.146. The van der Waals surface area contributed by atoms with E-state index in [1.54, 1.807) is 34.1 Å². The van der Waals surface area contributed by atoms with Gasteiger partial charge in [0, 0.05) is 19.6 Å². The van der Waals surface area contributed by atoms with Crippen LogP contribution in [0, 0.1) is 5.92 Å². The summed E-state index contributed by atoms with van der Waals surface area (Å²) in [5, 5.41) is 5.68. The highest BCUT2D eigenvalue weighted by molar-refractivity contribution is 6.01. The van der Waals surface area contributed by atoms with Gasteiger partial charge in [-0.3, -0.25) is 19.2 Å². The highest BCUT2D eigenvalue weighted by atomic mass is 16.5. The number of rotatable bonds is 6. The van der Waals surface area contributed by atoms with Gasteiger partial charge in [0.25, 0.3) is 5.91 Å². The van der Waals surface area contributed by atoms with Crippen molar-refractivity contribution in [2.75, 3.05) is 32.8 Å². The fourth-order valence-corrected chi connectivity index (χ4v) is 4.85. The maximum Gasteiger partial charge on any atom is 0.255 e. The molecule has 1 saturated heterocycles. The molecule has 204 valence electrons. The summed E-state index contributed by atoms with van der Waals surface area (Å²) < 4.78 is 5.97. The van der Waals surface area contributed by atoms with Gasteiger partial charge in [0.15, 0.2) is 0 Å². The molecule has 0 saturated carbocycles. The quantitative estimate of drug-likeness (QED) is 0.607. The molecule has 0 radical (unpaired) electrons. The molecule has 2 aliphatic rings. The van der Waals surface area contributed by atoms with E-state index in [0.717, 1.165) is 32.1 Å². The van der Waals surface area contributed by atoms with E-state index in [4.69, 9.17) is 4.74 Å². The van der Waals surface area contributed by atoms with Crippen LogP contribution in [0.4, 0.5) is 0 Å². The molecule has 1 fully saturated rings. The second-order valence-electron chi connectivity index (χ2n) is 10.4. The Labute approximate surface area is 220 Å². The van der Waals surface area contributed by atoms with Gasteiger partial charge in [0.2, 0.25) is 17.7 Å².